The van der Waals surface area contributed by atoms with Crippen molar-refractivity contribution in [1.29, 1.82) is 0 Å². The summed E-state index contributed by atoms with van der Waals surface area (Å²) < 4.78 is 17.1. The van der Waals surface area contributed by atoms with Crippen molar-refractivity contribution in [2.24, 2.45) is 0 Å². The van der Waals surface area contributed by atoms with E-state index in [0.29, 0.717) is 25.4 Å². The molecule has 4 rings (SSSR count). The molecule has 1 aliphatic heterocycles. The second-order valence-corrected chi connectivity index (χ2v) is 6.82. The topological polar surface area (TPSA) is 76.8 Å². The van der Waals surface area contributed by atoms with Gasteiger partial charge in [-0.2, -0.15) is 0 Å². The number of ether oxygens (including phenoxy) is 2. The molecule has 166 valence electrons. The number of halogens is 2. The van der Waals surface area contributed by atoms with Gasteiger partial charge in [-0.25, -0.2) is 0 Å². The molecule has 3 heterocycles. The van der Waals surface area contributed by atoms with Crippen molar-refractivity contribution in [3.8, 4) is 22.6 Å². The van der Waals surface area contributed by atoms with Crippen LogP contribution in [0.2, 0.25) is 0 Å². The van der Waals surface area contributed by atoms with Gasteiger partial charge < -0.3 is 24.1 Å². The van der Waals surface area contributed by atoms with Gasteiger partial charge in [0.2, 0.25) is 6.41 Å². The molecule has 1 N–H and O–H groups in total. The SMILES string of the molecule is COc1ccccc1-c1ccoc1C1CN(C=O)C(COc2cccnc2)CN1.Cl.Cl. The van der Waals surface area contributed by atoms with Crippen molar-refractivity contribution in [3.63, 3.8) is 0 Å². The van der Waals surface area contributed by atoms with Crippen LogP contribution in [0.3, 0.4) is 0 Å². The first-order valence-electron chi connectivity index (χ1n) is 9.48. The number of aromatic nitrogens is 1. The van der Waals surface area contributed by atoms with Gasteiger partial charge in [0.25, 0.3) is 0 Å². The fraction of sp³-hybridized carbons (Fsp3) is 0.273. The van der Waals surface area contributed by atoms with E-state index in [2.05, 4.69) is 10.3 Å². The molecule has 2 aromatic heterocycles. The van der Waals surface area contributed by atoms with E-state index >= 15 is 0 Å². The number of benzene rings is 1. The number of piperazine rings is 1. The number of pyridine rings is 1. The van der Waals surface area contributed by atoms with Gasteiger partial charge in [0, 0.05) is 30.4 Å². The number of hydrogen-bond donors (Lipinski definition) is 1. The highest BCUT2D eigenvalue weighted by molar-refractivity contribution is 5.85. The van der Waals surface area contributed by atoms with Crippen LogP contribution in [0, 0.1) is 0 Å². The van der Waals surface area contributed by atoms with Crippen LogP contribution >= 0.6 is 24.8 Å². The summed E-state index contributed by atoms with van der Waals surface area (Å²) in [5, 5.41) is 3.49. The predicted molar refractivity (Wildman–Crippen MR) is 122 cm³/mol. The van der Waals surface area contributed by atoms with Crippen LogP contribution in [0.15, 0.2) is 65.5 Å². The Morgan fingerprint density at radius 1 is 1.19 bits per heavy atom. The highest BCUT2D eigenvalue weighted by Crippen LogP contribution is 2.36. The Morgan fingerprint density at radius 3 is 2.77 bits per heavy atom. The molecule has 9 heteroatoms. The number of para-hydroxylation sites is 1. The van der Waals surface area contributed by atoms with Crippen LogP contribution in [0.4, 0.5) is 0 Å². The van der Waals surface area contributed by atoms with Crippen molar-refractivity contribution >= 4 is 31.2 Å². The van der Waals surface area contributed by atoms with Crippen LogP contribution in [0.5, 0.6) is 11.5 Å². The van der Waals surface area contributed by atoms with E-state index in [9.17, 15) is 4.79 Å². The Hall–Kier alpha value is -2.74. The molecule has 1 saturated heterocycles. The number of nitrogens with zero attached hydrogens (tertiary/aromatic N) is 2. The van der Waals surface area contributed by atoms with Crippen molar-refractivity contribution < 1.29 is 18.7 Å². The molecule has 7 nitrogen and oxygen atoms in total. The fourth-order valence-corrected chi connectivity index (χ4v) is 3.58. The quantitative estimate of drug-likeness (QED) is 0.535. The Kier molecular flexibility index (Phi) is 9.18. The van der Waals surface area contributed by atoms with E-state index in [1.807, 2.05) is 42.5 Å². The largest absolute Gasteiger partial charge is 0.496 e. The maximum absolute atomic E-state index is 11.7. The average Bonchev–Trinajstić information content (AvgIpc) is 3.28. The van der Waals surface area contributed by atoms with Crippen LogP contribution in [0.1, 0.15) is 11.8 Å². The first-order chi connectivity index (χ1) is 14.3. The van der Waals surface area contributed by atoms with Crippen LogP contribution in [-0.4, -0.2) is 49.1 Å². The Morgan fingerprint density at radius 2 is 2.03 bits per heavy atom. The fourth-order valence-electron chi connectivity index (χ4n) is 3.58. The minimum Gasteiger partial charge on any atom is -0.496 e. The average molecular weight is 466 g/mol. The number of rotatable bonds is 7. The molecule has 0 aliphatic carbocycles. The third-order valence-electron chi connectivity index (χ3n) is 5.08. The van der Waals surface area contributed by atoms with Crippen molar-refractivity contribution in [3.05, 3.63) is 66.9 Å². The van der Waals surface area contributed by atoms with Gasteiger partial charge in [-0.15, -0.1) is 24.8 Å². The second kappa shape index (κ2) is 11.6. The highest BCUT2D eigenvalue weighted by Gasteiger charge is 2.31. The predicted octanol–water partition coefficient (Wildman–Crippen LogP) is 3.74. The third kappa shape index (κ3) is 5.50. The number of nitrogens with one attached hydrogen (secondary N) is 1. The highest BCUT2D eigenvalue weighted by atomic mass is 35.5. The summed E-state index contributed by atoms with van der Waals surface area (Å²) in [5.74, 6) is 2.25. The summed E-state index contributed by atoms with van der Waals surface area (Å²) in [7, 11) is 1.65. The maximum atomic E-state index is 11.7. The van der Waals surface area contributed by atoms with Gasteiger partial charge in [0.15, 0.2) is 0 Å². The summed E-state index contributed by atoms with van der Waals surface area (Å²) >= 11 is 0. The van der Waals surface area contributed by atoms with E-state index < -0.39 is 0 Å². The lowest BCUT2D eigenvalue weighted by molar-refractivity contribution is -0.122. The number of amides is 1. The lowest BCUT2D eigenvalue weighted by atomic mass is 9.99. The summed E-state index contributed by atoms with van der Waals surface area (Å²) in [6.45, 7) is 1.47. The molecular formula is C22H25Cl2N3O4. The second-order valence-electron chi connectivity index (χ2n) is 6.82. The van der Waals surface area contributed by atoms with E-state index in [0.717, 1.165) is 29.0 Å². The Labute approximate surface area is 193 Å². The Bertz CT molecular complexity index is 955. The first-order valence-corrected chi connectivity index (χ1v) is 9.48. The minimum atomic E-state index is -0.121. The maximum Gasteiger partial charge on any atom is 0.210 e. The summed E-state index contributed by atoms with van der Waals surface area (Å²) in [6, 6.07) is 13.2. The molecule has 0 spiro atoms. The number of carbonyl (C=O) groups excluding carboxylic acids is 1. The molecule has 31 heavy (non-hydrogen) atoms. The van der Waals surface area contributed by atoms with Gasteiger partial charge >= 0.3 is 0 Å². The summed E-state index contributed by atoms with van der Waals surface area (Å²) in [5.41, 5.74) is 1.91. The van der Waals surface area contributed by atoms with Gasteiger partial charge in [-0.05, 0) is 24.3 Å². The molecule has 2 atom stereocenters. The lowest BCUT2D eigenvalue weighted by Gasteiger charge is -2.37. The number of methoxy groups -OCH3 is 1. The minimum absolute atomic E-state index is 0. The van der Waals surface area contributed by atoms with Gasteiger partial charge in [0.05, 0.1) is 31.7 Å². The van der Waals surface area contributed by atoms with Gasteiger partial charge in [-0.3, -0.25) is 9.78 Å². The number of furan rings is 1. The van der Waals surface area contributed by atoms with Crippen LogP contribution in [0.25, 0.3) is 11.1 Å². The van der Waals surface area contributed by atoms with Crippen LogP contribution in [-0.2, 0) is 4.79 Å². The normalized spacial score (nSPS) is 17.8. The standard InChI is InChI=1S/C22H23N3O4.2ClH/c1-27-21-7-3-2-6-18(21)19-8-10-28-22(19)20-13-25(15-26)16(11-24-20)14-29-17-5-4-9-23-12-17;;/h2-10,12,15-16,20,24H,11,13-14H2,1H3;2*1H. The first kappa shape index (κ1) is 24.5. The molecule has 0 bridgehead atoms. The summed E-state index contributed by atoms with van der Waals surface area (Å²) in [6.07, 6.45) is 5.89. The molecule has 2 unspecified atom stereocenters. The molecule has 0 saturated carbocycles. The zero-order valence-corrected chi connectivity index (χ0v) is 18.6. The van der Waals surface area contributed by atoms with E-state index in [1.54, 1.807) is 30.7 Å². The molecular weight excluding hydrogens is 441 g/mol. The smallest absolute Gasteiger partial charge is 0.210 e. The Balaban J connectivity index is 0.00000171. The van der Waals surface area contributed by atoms with Gasteiger partial charge in [-0.1, -0.05) is 18.2 Å². The molecule has 1 aromatic carbocycles. The molecule has 1 fully saturated rings. The van der Waals surface area contributed by atoms with Crippen molar-refractivity contribution in [1.82, 2.24) is 15.2 Å². The van der Waals surface area contributed by atoms with E-state index in [-0.39, 0.29) is 36.9 Å². The molecule has 1 aliphatic rings. The van der Waals surface area contributed by atoms with E-state index in [4.69, 9.17) is 13.9 Å². The zero-order valence-electron chi connectivity index (χ0n) is 17.0. The van der Waals surface area contributed by atoms with Crippen molar-refractivity contribution in [2.75, 3.05) is 26.8 Å². The monoisotopic (exact) mass is 465 g/mol. The summed E-state index contributed by atoms with van der Waals surface area (Å²) in [4.78, 5) is 17.5. The third-order valence-corrected chi connectivity index (χ3v) is 5.08. The van der Waals surface area contributed by atoms with Crippen molar-refractivity contribution in [2.45, 2.75) is 12.1 Å². The molecule has 0 radical (unpaired) electrons. The number of carbonyl (C=O) groups is 1. The number of hydrogen-bond acceptors (Lipinski definition) is 6. The molecule has 1 amide bonds. The van der Waals surface area contributed by atoms with Crippen LogP contribution < -0.4 is 14.8 Å². The molecule has 3 aromatic rings. The zero-order chi connectivity index (χ0) is 20.1. The van der Waals surface area contributed by atoms with E-state index in [1.165, 1.54) is 0 Å². The van der Waals surface area contributed by atoms with Gasteiger partial charge in [0.1, 0.15) is 23.9 Å². The lowest BCUT2D eigenvalue weighted by Crippen LogP contribution is -2.54.